The number of para-hydroxylation sites is 1. The fraction of sp³-hybridized carbons (Fsp3) is 0.241. The van der Waals surface area contributed by atoms with Crippen LogP contribution in [0.1, 0.15) is 28.4 Å². The normalized spacial score (nSPS) is 16.4. The number of nitrogens with zero attached hydrogens (tertiary/aromatic N) is 3. The van der Waals surface area contributed by atoms with Crippen molar-refractivity contribution in [1.82, 2.24) is 14.8 Å². The molecule has 1 aliphatic heterocycles. The molecule has 39 heavy (non-hydrogen) atoms. The van der Waals surface area contributed by atoms with Crippen LogP contribution in [-0.4, -0.2) is 54.8 Å². The summed E-state index contributed by atoms with van der Waals surface area (Å²) in [5.41, 5.74) is 2.40. The zero-order valence-corrected chi connectivity index (χ0v) is 22.4. The SMILES string of the molecule is Cc1cc(NS(=O)(=O)c2cccc3cccnc23)ccc1C(=O)N1CCN(Cc2cc(F)cc(F)c2)C[C@@H]1C. The molecule has 1 aliphatic rings. The fourth-order valence-corrected chi connectivity index (χ4v) is 6.29. The number of aryl methyl sites for hydroxylation is 1. The zero-order chi connectivity index (χ0) is 27.7. The molecular weight excluding hydrogens is 522 g/mol. The fourth-order valence-electron chi connectivity index (χ4n) is 5.06. The number of fused-ring (bicyclic) bond motifs is 1. The monoisotopic (exact) mass is 550 g/mol. The van der Waals surface area contributed by atoms with Crippen molar-refractivity contribution >= 4 is 32.5 Å². The highest BCUT2D eigenvalue weighted by atomic mass is 32.2. The zero-order valence-electron chi connectivity index (χ0n) is 21.6. The van der Waals surface area contributed by atoms with E-state index in [-0.39, 0.29) is 16.8 Å². The third-order valence-electron chi connectivity index (χ3n) is 6.90. The number of hydrogen-bond donors (Lipinski definition) is 1. The van der Waals surface area contributed by atoms with Gasteiger partial charge < -0.3 is 4.90 Å². The summed E-state index contributed by atoms with van der Waals surface area (Å²) in [7, 11) is -3.92. The molecule has 0 radical (unpaired) electrons. The second kappa shape index (κ2) is 10.7. The van der Waals surface area contributed by atoms with Crippen LogP contribution in [0.3, 0.4) is 0 Å². The molecule has 0 bridgehead atoms. The number of benzene rings is 3. The van der Waals surface area contributed by atoms with E-state index in [0.29, 0.717) is 54.1 Å². The first-order chi connectivity index (χ1) is 18.6. The van der Waals surface area contributed by atoms with Crippen LogP contribution < -0.4 is 4.72 Å². The minimum atomic E-state index is -3.92. The van der Waals surface area contributed by atoms with Crippen LogP contribution in [0.25, 0.3) is 10.9 Å². The summed E-state index contributed by atoms with van der Waals surface area (Å²) in [6.07, 6.45) is 1.55. The van der Waals surface area contributed by atoms with Crippen LogP contribution in [0, 0.1) is 18.6 Å². The van der Waals surface area contributed by atoms with E-state index in [2.05, 4.69) is 14.6 Å². The van der Waals surface area contributed by atoms with E-state index < -0.39 is 21.7 Å². The van der Waals surface area contributed by atoms with Crippen molar-refractivity contribution in [2.75, 3.05) is 24.4 Å². The quantitative estimate of drug-likeness (QED) is 0.367. The predicted molar refractivity (Wildman–Crippen MR) is 146 cm³/mol. The molecule has 1 amide bonds. The third-order valence-corrected chi connectivity index (χ3v) is 8.31. The Morgan fingerprint density at radius 3 is 2.49 bits per heavy atom. The van der Waals surface area contributed by atoms with Gasteiger partial charge in [0, 0.05) is 61.1 Å². The number of carbonyl (C=O) groups excluding carboxylic acids is 1. The van der Waals surface area contributed by atoms with Gasteiger partial charge in [-0.2, -0.15) is 0 Å². The first kappa shape index (κ1) is 26.7. The molecule has 4 aromatic rings. The van der Waals surface area contributed by atoms with Crippen molar-refractivity contribution in [1.29, 1.82) is 0 Å². The molecule has 1 aromatic heterocycles. The number of nitrogens with one attached hydrogen (secondary N) is 1. The molecule has 5 rings (SSSR count). The van der Waals surface area contributed by atoms with E-state index in [1.807, 2.05) is 6.92 Å². The Morgan fingerprint density at radius 2 is 1.77 bits per heavy atom. The molecule has 1 fully saturated rings. The average molecular weight is 551 g/mol. The average Bonchev–Trinajstić information content (AvgIpc) is 2.87. The maximum absolute atomic E-state index is 13.6. The van der Waals surface area contributed by atoms with Crippen LogP contribution in [0.15, 0.2) is 77.8 Å². The number of carbonyl (C=O) groups is 1. The number of halogens is 2. The van der Waals surface area contributed by atoms with Crippen LogP contribution >= 0.6 is 0 Å². The van der Waals surface area contributed by atoms with Gasteiger partial charge in [0.15, 0.2) is 0 Å². The summed E-state index contributed by atoms with van der Waals surface area (Å²) in [6.45, 7) is 5.67. The number of amides is 1. The van der Waals surface area contributed by atoms with E-state index in [1.165, 1.54) is 18.2 Å². The van der Waals surface area contributed by atoms with E-state index >= 15 is 0 Å². The Kier molecular flexibility index (Phi) is 7.33. The Bertz CT molecular complexity index is 1640. The van der Waals surface area contributed by atoms with E-state index in [4.69, 9.17) is 0 Å². The number of pyridine rings is 1. The van der Waals surface area contributed by atoms with Gasteiger partial charge in [0.05, 0.1) is 5.52 Å². The molecule has 10 heteroatoms. The van der Waals surface area contributed by atoms with Crippen molar-refractivity contribution in [2.24, 2.45) is 0 Å². The summed E-state index contributed by atoms with van der Waals surface area (Å²) >= 11 is 0. The van der Waals surface area contributed by atoms with Gasteiger partial charge in [-0.3, -0.25) is 19.4 Å². The number of piperazine rings is 1. The molecule has 0 spiro atoms. The molecule has 1 saturated heterocycles. The summed E-state index contributed by atoms with van der Waals surface area (Å²) in [5.74, 6) is -1.37. The Balaban J connectivity index is 1.28. The maximum Gasteiger partial charge on any atom is 0.264 e. The molecule has 1 N–H and O–H groups in total. The minimum absolute atomic E-state index is 0.0751. The summed E-state index contributed by atoms with van der Waals surface area (Å²) in [4.78, 5) is 21.6. The summed E-state index contributed by atoms with van der Waals surface area (Å²) in [6, 6.07) is 16.7. The number of hydrogen-bond acceptors (Lipinski definition) is 5. The number of rotatable bonds is 6. The van der Waals surface area contributed by atoms with Crippen molar-refractivity contribution in [2.45, 2.75) is 31.3 Å². The lowest BCUT2D eigenvalue weighted by Crippen LogP contribution is -2.53. The molecule has 0 aliphatic carbocycles. The molecule has 0 unspecified atom stereocenters. The molecule has 202 valence electrons. The standard InChI is InChI=1S/C29H28F2N4O3S/c1-19-13-25(33-39(37,38)27-7-3-5-22-6-4-10-32-28(22)27)8-9-26(19)29(36)35-12-11-34(17-20(35)2)18-21-14-23(30)16-24(31)15-21/h3-10,13-16,20,33H,11-12,17-18H2,1-2H3/t20-/m0/s1. The van der Waals surface area contributed by atoms with Crippen LogP contribution in [0.4, 0.5) is 14.5 Å². The van der Waals surface area contributed by atoms with Gasteiger partial charge in [-0.15, -0.1) is 0 Å². The van der Waals surface area contributed by atoms with Crippen molar-refractivity contribution in [3.8, 4) is 0 Å². The first-order valence-corrected chi connectivity index (χ1v) is 14.0. The van der Waals surface area contributed by atoms with Crippen LogP contribution in [-0.2, 0) is 16.6 Å². The second-order valence-electron chi connectivity index (χ2n) is 9.83. The molecule has 1 atom stereocenters. The van der Waals surface area contributed by atoms with E-state index in [1.54, 1.807) is 60.5 Å². The lowest BCUT2D eigenvalue weighted by atomic mass is 10.0. The molecule has 3 aromatic carbocycles. The van der Waals surface area contributed by atoms with Gasteiger partial charge in [-0.25, -0.2) is 17.2 Å². The molecule has 0 saturated carbocycles. The molecule has 2 heterocycles. The first-order valence-electron chi connectivity index (χ1n) is 12.6. The third kappa shape index (κ3) is 5.76. The maximum atomic E-state index is 13.6. The summed E-state index contributed by atoms with van der Waals surface area (Å²) in [5, 5.41) is 0.717. The van der Waals surface area contributed by atoms with Crippen molar-refractivity contribution in [3.63, 3.8) is 0 Å². The number of anilines is 1. The van der Waals surface area contributed by atoms with Gasteiger partial charge in [-0.1, -0.05) is 18.2 Å². The lowest BCUT2D eigenvalue weighted by molar-refractivity contribution is 0.0474. The van der Waals surface area contributed by atoms with Gasteiger partial charge in [0.25, 0.3) is 15.9 Å². The van der Waals surface area contributed by atoms with Crippen LogP contribution in [0.2, 0.25) is 0 Å². The van der Waals surface area contributed by atoms with E-state index in [9.17, 15) is 22.0 Å². The Labute approximate surface area is 226 Å². The topological polar surface area (TPSA) is 82.6 Å². The highest BCUT2D eigenvalue weighted by Gasteiger charge is 2.29. The van der Waals surface area contributed by atoms with Crippen LogP contribution in [0.5, 0.6) is 0 Å². The van der Waals surface area contributed by atoms with E-state index in [0.717, 1.165) is 11.5 Å². The smallest absolute Gasteiger partial charge is 0.264 e. The van der Waals surface area contributed by atoms with Crippen molar-refractivity contribution < 1.29 is 22.0 Å². The van der Waals surface area contributed by atoms with Gasteiger partial charge in [0.1, 0.15) is 16.5 Å². The Morgan fingerprint density at radius 1 is 1.03 bits per heavy atom. The highest BCUT2D eigenvalue weighted by Crippen LogP contribution is 2.25. The molecular formula is C29H28F2N4O3S. The highest BCUT2D eigenvalue weighted by molar-refractivity contribution is 7.93. The number of sulfonamides is 1. The predicted octanol–water partition coefficient (Wildman–Crippen LogP) is 4.97. The Hall–Kier alpha value is -3.89. The number of aromatic nitrogens is 1. The van der Waals surface area contributed by atoms with Gasteiger partial charge in [0.2, 0.25) is 0 Å². The summed E-state index contributed by atoms with van der Waals surface area (Å²) < 4.78 is 56.1. The largest absolute Gasteiger partial charge is 0.333 e. The van der Waals surface area contributed by atoms with Crippen molar-refractivity contribution in [3.05, 3.63) is 101 Å². The minimum Gasteiger partial charge on any atom is -0.333 e. The molecule has 7 nitrogen and oxygen atoms in total. The lowest BCUT2D eigenvalue weighted by Gasteiger charge is -2.40. The van der Waals surface area contributed by atoms with Gasteiger partial charge >= 0.3 is 0 Å². The second-order valence-corrected chi connectivity index (χ2v) is 11.5. The van der Waals surface area contributed by atoms with Gasteiger partial charge in [-0.05, 0) is 67.4 Å².